The van der Waals surface area contributed by atoms with Crippen LogP contribution >= 0.6 is 0 Å². The minimum atomic E-state index is 0.322. The lowest BCUT2D eigenvalue weighted by molar-refractivity contribution is -0.148. The summed E-state index contributed by atoms with van der Waals surface area (Å²) in [6.07, 6.45) is 1.79. The van der Waals surface area contributed by atoms with Gasteiger partial charge >= 0.3 is 0 Å². The molecule has 0 spiro atoms. The summed E-state index contributed by atoms with van der Waals surface area (Å²) in [5.41, 5.74) is 0. The van der Waals surface area contributed by atoms with Crippen molar-refractivity contribution < 1.29 is 9.47 Å². The van der Waals surface area contributed by atoms with Gasteiger partial charge in [-0.05, 0) is 13.0 Å². The number of hydrogen-bond acceptors (Lipinski definition) is 3. The number of rotatable bonds is 0. The third-order valence-electron chi connectivity index (χ3n) is 2.11. The molecule has 2 atom stereocenters. The molecular formula is C7H13NO2. The first kappa shape index (κ1) is 6.58. The van der Waals surface area contributed by atoms with Crippen LogP contribution in [0.2, 0.25) is 0 Å². The highest BCUT2D eigenvalue weighted by molar-refractivity contribution is 4.81. The highest BCUT2D eigenvalue weighted by atomic mass is 16.6. The maximum Gasteiger partial charge on any atom is 0.0962 e. The van der Waals surface area contributed by atoms with Crippen LogP contribution in [0.25, 0.3) is 0 Å². The van der Waals surface area contributed by atoms with Crippen LogP contribution in [0.3, 0.4) is 0 Å². The lowest BCUT2D eigenvalue weighted by atomic mass is 10.1. The maximum absolute atomic E-state index is 5.52. The molecule has 3 nitrogen and oxygen atoms in total. The molecule has 2 aliphatic rings. The quantitative estimate of drug-likeness (QED) is 0.508. The van der Waals surface area contributed by atoms with Crippen molar-refractivity contribution in [3.63, 3.8) is 0 Å². The van der Waals surface area contributed by atoms with Crippen LogP contribution in [-0.4, -0.2) is 38.5 Å². The fourth-order valence-corrected chi connectivity index (χ4v) is 1.56. The van der Waals surface area contributed by atoms with Gasteiger partial charge in [-0.2, -0.15) is 0 Å². The fourth-order valence-electron chi connectivity index (χ4n) is 1.56. The van der Waals surface area contributed by atoms with Gasteiger partial charge in [-0.3, -0.25) is 0 Å². The average Bonchev–Trinajstić information content (AvgIpc) is 2.05. The van der Waals surface area contributed by atoms with Crippen LogP contribution < -0.4 is 5.32 Å². The van der Waals surface area contributed by atoms with E-state index in [-0.39, 0.29) is 0 Å². The second kappa shape index (κ2) is 2.86. The molecule has 0 radical (unpaired) electrons. The van der Waals surface area contributed by atoms with Crippen molar-refractivity contribution >= 4 is 0 Å². The predicted octanol–water partition coefficient (Wildman–Crippen LogP) is -0.236. The smallest absolute Gasteiger partial charge is 0.0962 e. The van der Waals surface area contributed by atoms with E-state index in [2.05, 4.69) is 5.32 Å². The molecule has 2 rings (SSSR count). The Kier molecular flexibility index (Phi) is 1.88. The van der Waals surface area contributed by atoms with Gasteiger partial charge in [0.05, 0.1) is 25.4 Å². The van der Waals surface area contributed by atoms with Gasteiger partial charge in [-0.1, -0.05) is 0 Å². The Balaban J connectivity index is 1.93. The number of nitrogens with one attached hydrogen (secondary N) is 1. The molecule has 2 aliphatic heterocycles. The standard InChI is InChI=1S/C7H13NO2/c1-2-8-5-7-6(1)9-3-4-10-7/h6-8H,1-5H2/t6-,7+/m0/s1. The van der Waals surface area contributed by atoms with Gasteiger partial charge in [0.25, 0.3) is 0 Å². The zero-order chi connectivity index (χ0) is 6.81. The van der Waals surface area contributed by atoms with Crippen molar-refractivity contribution in [3.05, 3.63) is 0 Å². The summed E-state index contributed by atoms with van der Waals surface area (Å²) >= 11 is 0. The second-order valence-electron chi connectivity index (χ2n) is 2.81. The molecule has 1 N–H and O–H groups in total. The second-order valence-corrected chi connectivity index (χ2v) is 2.81. The molecule has 3 heteroatoms. The topological polar surface area (TPSA) is 30.5 Å². The lowest BCUT2D eigenvalue weighted by Gasteiger charge is -2.35. The Morgan fingerprint density at radius 1 is 1.10 bits per heavy atom. The van der Waals surface area contributed by atoms with E-state index in [0.29, 0.717) is 12.2 Å². The molecule has 0 aromatic heterocycles. The van der Waals surface area contributed by atoms with Gasteiger partial charge in [0.1, 0.15) is 0 Å². The fraction of sp³-hybridized carbons (Fsp3) is 1.00. The number of ether oxygens (including phenoxy) is 2. The molecule has 0 amide bonds. The molecular weight excluding hydrogens is 130 g/mol. The van der Waals surface area contributed by atoms with E-state index >= 15 is 0 Å². The molecule has 10 heavy (non-hydrogen) atoms. The van der Waals surface area contributed by atoms with E-state index < -0.39 is 0 Å². The van der Waals surface area contributed by atoms with Crippen LogP contribution in [0.4, 0.5) is 0 Å². The predicted molar refractivity (Wildman–Crippen MR) is 37.0 cm³/mol. The number of piperidine rings is 1. The molecule has 0 unspecified atom stereocenters. The molecule has 0 aromatic rings. The molecule has 0 aromatic carbocycles. The molecule has 0 bridgehead atoms. The van der Waals surface area contributed by atoms with Crippen molar-refractivity contribution in [1.29, 1.82) is 0 Å². The monoisotopic (exact) mass is 143 g/mol. The SMILES string of the molecule is C1C[C@@H]2OCCO[C@@H]2CN1. The Hall–Kier alpha value is -0.120. The Morgan fingerprint density at radius 3 is 2.70 bits per heavy atom. The summed E-state index contributed by atoms with van der Waals surface area (Å²) in [5, 5.41) is 3.28. The first-order valence-electron chi connectivity index (χ1n) is 3.91. The number of hydrogen-bond donors (Lipinski definition) is 1. The molecule has 2 saturated heterocycles. The van der Waals surface area contributed by atoms with E-state index in [9.17, 15) is 0 Å². The zero-order valence-corrected chi connectivity index (χ0v) is 6.01. The van der Waals surface area contributed by atoms with Gasteiger partial charge in [0.2, 0.25) is 0 Å². The van der Waals surface area contributed by atoms with E-state index in [1.807, 2.05) is 0 Å². The number of fused-ring (bicyclic) bond motifs is 1. The van der Waals surface area contributed by atoms with Gasteiger partial charge in [-0.15, -0.1) is 0 Å². The Bertz CT molecular complexity index is 92.2. The minimum absolute atomic E-state index is 0.322. The van der Waals surface area contributed by atoms with Crippen LogP contribution in [0.1, 0.15) is 6.42 Å². The minimum Gasteiger partial charge on any atom is -0.373 e. The summed E-state index contributed by atoms with van der Waals surface area (Å²) in [6.45, 7) is 3.58. The van der Waals surface area contributed by atoms with Crippen molar-refractivity contribution in [2.75, 3.05) is 26.3 Å². The van der Waals surface area contributed by atoms with Crippen molar-refractivity contribution in [3.8, 4) is 0 Å². The largest absolute Gasteiger partial charge is 0.373 e. The van der Waals surface area contributed by atoms with Crippen LogP contribution in [0, 0.1) is 0 Å². The molecule has 2 fully saturated rings. The summed E-state index contributed by atoms with van der Waals surface area (Å²) in [6, 6.07) is 0. The van der Waals surface area contributed by atoms with Crippen molar-refractivity contribution in [2.24, 2.45) is 0 Å². The average molecular weight is 143 g/mol. The lowest BCUT2D eigenvalue weighted by Crippen LogP contribution is -2.50. The van der Waals surface area contributed by atoms with Crippen LogP contribution in [-0.2, 0) is 9.47 Å². The molecule has 0 aliphatic carbocycles. The van der Waals surface area contributed by atoms with Gasteiger partial charge in [-0.25, -0.2) is 0 Å². The third-order valence-corrected chi connectivity index (χ3v) is 2.11. The first-order valence-corrected chi connectivity index (χ1v) is 3.91. The summed E-state index contributed by atoms with van der Waals surface area (Å²) in [7, 11) is 0. The van der Waals surface area contributed by atoms with Crippen LogP contribution in [0.5, 0.6) is 0 Å². The molecule has 2 heterocycles. The van der Waals surface area contributed by atoms with E-state index in [4.69, 9.17) is 9.47 Å². The Morgan fingerprint density at radius 2 is 1.90 bits per heavy atom. The van der Waals surface area contributed by atoms with E-state index in [1.165, 1.54) is 0 Å². The first-order chi connectivity index (χ1) is 4.97. The summed E-state index contributed by atoms with van der Waals surface area (Å²) in [5.74, 6) is 0. The molecule has 58 valence electrons. The third kappa shape index (κ3) is 1.17. The summed E-state index contributed by atoms with van der Waals surface area (Å²) in [4.78, 5) is 0. The molecule has 0 saturated carbocycles. The van der Waals surface area contributed by atoms with Gasteiger partial charge in [0.15, 0.2) is 0 Å². The zero-order valence-electron chi connectivity index (χ0n) is 6.01. The van der Waals surface area contributed by atoms with Gasteiger partial charge in [0, 0.05) is 6.54 Å². The maximum atomic E-state index is 5.52. The van der Waals surface area contributed by atoms with E-state index in [0.717, 1.165) is 32.7 Å². The van der Waals surface area contributed by atoms with Crippen LogP contribution in [0.15, 0.2) is 0 Å². The van der Waals surface area contributed by atoms with Crippen molar-refractivity contribution in [1.82, 2.24) is 5.32 Å². The van der Waals surface area contributed by atoms with Crippen molar-refractivity contribution in [2.45, 2.75) is 18.6 Å². The summed E-state index contributed by atoms with van der Waals surface area (Å²) < 4.78 is 11.0. The highest BCUT2D eigenvalue weighted by Gasteiger charge is 2.28. The van der Waals surface area contributed by atoms with Gasteiger partial charge < -0.3 is 14.8 Å². The normalized spacial score (nSPS) is 40.8. The van der Waals surface area contributed by atoms with E-state index in [1.54, 1.807) is 0 Å². The Labute approximate surface area is 60.7 Å². The highest BCUT2D eigenvalue weighted by Crippen LogP contribution is 2.15.